The number of nitrogens with one attached hydrogen (secondary N) is 2. The van der Waals surface area contributed by atoms with Gasteiger partial charge in [0.15, 0.2) is 0 Å². The highest BCUT2D eigenvalue weighted by Gasteiger charge is 2.47. The van der Waals surface area contributed by atoms with E-state index in [4.69, 9.17) is 4.74 Å². The lowest BCUT2D eigenvalue weighted by Crippen LogP contribution is -2.52. The van der Waals surface area contributed by atoms with Crippen LogP contribution in [0.4, 0.5) is 4.79 Å². The van der Waals surface area contributed by atoms with Gasteiger partial charge in [0.2, 0.25) is 0 Å². The molecule has 2 amide bonds. The van der Waals surface area contributed by atoms with Crippen molar-refractivity contribution < 1.29 is 19.4 Å². The Morgan fingerprint density at radius 2 is 2.47 bits per heavy atom. The number of nitrogens with zero attached hydrogens (tertiary/aromatic N) is 1. The number of hydrogen-bond donors (Lipinski definition) is 3. The lowest BCUT2D eigenvalue weighted by atomic mass is 9.85. The quantitative estimate of drug-likeness (QED) is 0.745. The van der Waals surface area contributed by atoms with Gasteiger partial charge in [-0.3, -0.25) is 9.78 Å². The summed E-state index contributed by atoms with van der Waals surface area (Å²) in [5.74, 6) is -0.974. The Labute approximate surface area is 114 Å². The average Bonchev–Trinajstić information content (AvgIpc) is 2.98. The molecule has 7 nitrogen and oxygen atoms in total. The molecule has 19 heavy (non-hydrogen) atoms. The highest BCUT2D eigenvalue weighted by Crippen LogP contribution is 2.28. The van der Waals surface area contributed by atoms with Crippen molar-refractivity contribution in [2.24, 2.45) is 5.41 Å². The first-order valence-corrected chi connectivity index (χ1v) is 6.63. The van der Waals surface area contributed by atoms with Crippen molar-refractivity contribution in [1.29, 1.82) is 0 Å². The molecule has 2 heterocycles. The Balaban J connectivity index is 1.86. The van der Waals surface area contributed by atoms with Crippen LogP contribution in [0.2, 0.25) is 0 Å². The Hall–Kier alpha value is -1.67. The number of carbonyl (C=O) groups excluding carboxylic acids is 1. The molecule has 0 aliphatic carbocycles. The van der Waals surface area contributed by atoms with Crippen LogP contribution in [0.15, 0.2) is 11.7 Å². The lowest BCUT2D eigenvalue weighted by molar-refractivity contribution is -0.148. The maximum atomic E-state index is 11.7. The van der Waals surface area contributed by atoms with E-state index in [0.717, 1.165) is 4.88 Å². The number of thiazole rings is 1. The van der Waals surface area contributed by atoms with Crippen LogP contribution in [0, 0.1) is 5.41 Å². The van der Waals surface area contributed by atoms with Gasteiger partial charge in [-0.1, -0.05) is 0 Å². The van der Waals surface area contributed by atoms with E-state index >= 15 is 0 Å². The molecule has 0 radical (unpaired) electrons. The predicted molar refractivity (Wildman–Crippen MR) is 67.8 cm³/mol. The number of aliphatic carboxylic acids is 1. The average molecular weight is 285 g/mol. The molecule has 2 unspecified atom stereocenters. The maximum Gasteiger partial charge on any atom is 0.315 e. The normalized spacial score (nSPS) is 26.1. The zero-order valence-corrected chi connectivity index (χ0v) is 11.2. The number of rotatable bonds is 4. The van der Waals surface area contributed by atoms with Crippen LogP contribution in [0.5, 0.6) is 0 Å². The summed E-state index contributed by atoms with van der Waals surface area (Å²) in [6, 6.07) is -0.942. The number of carboxylic acids is 1. The van der Waals surface area contributed by atoms with Crippen LogP contribution in [0.1, 0.15) is 11.8 Å². The van der Waals surface area contributed by atoms with Gasteiger partial charge in [0.1, 0.15) is 5.41 Å². The van der Waals surface area contributed by atoms with Crippen molar-refractivity contribution in [2.45, 2.75) is 19.5 Å². The van der Waals surface area contributed by atoms with Gasteiger partial charge < -0.3 is 20.5 Å². The lowest BCUT2D eigenvalue weighted by Gasteiger charge is -2.25. The van der Waals surface area contributed by atoms with E-state index in [-0.39, 0.29) is 13.2 Å². The summed E-state index contributed by atoms with van der Waals surface area (Å²) in [5.41, 5.74) is 0.600. The SMILES string of the molecule is CC1(C(=O)O)COCC1NC(=O)NCc1cncs1. The fraction of sp³-hybridized carbons (Fsp3) is 0.545. The molecule has 3 N–H and O–H groups in total. The van der Waals surface area contributed by atoms with Gasteiger partial charge >= 0.3 is 12.0 Å². The Morgan fingerprint density at radius 3 is 3.11 bits per heavy atom. The largest absolute Gasteiger partial charge is 0.481 e. The Morgan fingerprint density at radius 1 is 1.68 bits per heavy atom. The molecule has 2 rings (SSSR count). The second kappa shape index (κ2) is 5.54. The molecule has 1 aromatic rings. The number of urea groups is 1. The van der Waals surface area contributed by atoms with E-state index in [9.17, 15) is 14.7 Å². The minimum absolute atomic E-state index is 0.0993. The van der Waals surface area contributed by atoms with Gasteiger partial charge in [0.05, 0.1) is 31.3 Å². The fourth-order valence-corrected chi connectivity index (χ4v) is 2.33. The van der Waals surface area contributed by atoms with Gasteiger partial charge in [-0.05, 0) is 6.92 Å². The smallest absolute Gasteiger partial charge is 0.315 e. The van der Waals surface area contributed by atoms with E-state index in [0.29, 0.717) is 6.54 Å². The predicted octanol–water partition coefficient (Wildman–Crippen LogP) is 0.432. The van der Waals surface area contributed by atoms with Crippen LogP contribution in [-0.4, -0.2) is 41.3 Å². The summed E-state index contributed by atoms with van der Waals surface area (Å²) in [7, 11) is 0. The fourth-order valence-electron chi connectivity index (χ4n) is 1.79. The number of carboxylic acid groups (broad SMARTS) is 1. The minimum atomic E-state index is -1.08. The minimum Gasteiger partial charge on any atom is -0.481 e. The molecule has 0 saturated carbocycles. The molecule has 0 aromatic carbocycles. The van der Waals surface area contributed by atoms with Crippen molar-refractivity contribution in [1.82, 2.24) is 15.6 Å². The van der Waals surface area contributed by atoms with E-state index in [1.54, 1.807) is 18.6 Å². The number of amides is 2. The second-order valence-electron chi connectivity index (χ2n) is 4.59. The summed E-state index contributed by atoms with van der Waals surface area (Å²) in [5, 5.41) is 14.5. The molecule has 0 bridgehead atoms. The number of aromatic nitrogens is 1. The third-order valence-electron chi connectivity index (χ3n) is 3.16. The van der Waals surface area contributed by atoms with Crippen LogP contribution in [-0.2, 0) is 16.1 Å². The van der Waals surface area contributed by atoms with Crippen LogP contribution in [0.3, 0.4) is 0 Å². The summed E-state index contributed by atoms with van der Waals surface area (Å²) >= 11 is 1.44. The summed E-state index contributed by atoms with van der Waals surface area (Å²) < 4.78 is 5.15. The van der Waals surface area contributed by atoms with E-state index in [1.807, 2.05) is 0 Å². The third kappa shape index (κ3) is 3.02. The highest BCUT2D eigenvalue weighted by molar-refractivity contribution is 7.09. The van der Waals surface area contributed by atoms with Crippen molar-refractivity contribution in [3.63, 3.8) is 0 Å². The van der Waals surface area contributed by atoms with Gasteiger partial charge in [0, 0.05) is 11.1 Å². The van der Waals surface area contributed by atoms with Crippen LogP contribution >= 0.6 is 11.3 Å². The van der Waals surface area contributed by atoms with E-state index < -0.39 is 23.5 Å². The first kappa shape index (κ1) is 13.8. The first-order chi connectivity index (χ1) is 9.02. The van der Waals surface area contributed by atoms with Gasteiger partial charge in [-0.15, -0.1) is 11.3 Å². The molecule has 1 saturated heterocycles. The molecule has 0 spiro atoms. The van der Waals surface area contributed by atoms with Gasteiger partial charge in [-0.2, -0.15) is 0 Å². The van der Waals surface area contributed by atoms with Crippen molar-refractivity contribution >= 4 is 23.3 Å². The number of carbonyl (C=O) groups is 2. The number of ether oxygens (including phenoxy) is 1. The zero-order chi connectivity index (χ0) is 13.9. The Bertz CT molecular complexity index is 465. The van der Waals surface area contributed by atoms with E-state index in [1.165, 1.54) is 11.3 Å². The van der Waals surface area contributed by atoms with Gasteiger partial charge in [0.25, 0.3) is 0 Å². The molecule has 1 aliphatic heterocycles. The van der Waals surface area contributed by atoms with Crippen LogP contribution < -0.4 is 10.6 Å². The highest BCUT2D eigenvalue weighted by atomic mass is 32.1. The van der Waals surface area contributed by atoms with Crippen molar-refractivity contribution in [3.8, 4) is 0 Å². The Kier molecular flexibility index (Phi) is 4.01. The zero-order valence-electron chi connectivity index (χ0n) is 10.4. The van der Waals surface area contributed by atoms with Crippen molar-refractivity contribution in [3.05, 3.63) is 16.6 Å². The molecular formula is C11H15N3O4S. The molecule has 8 heteroatoms. The van der Waals surface area contributed by atoms with Crippen molar-refractivity contribution in [2.75, 3.05) is 13.2 Å². The summed E-state index contributed by atoms with van der Waals surface area (Å²) in [6.07, 6.45) is 1.67. The van der Waals surface area contributed by atoms with Gasteiger partial charge in [-0.25, -0.2) is 4.79 Å². The van der Waals surface area contributed by atoms with E-state index in [2.05, 4.69) is 15.6 Å². The molecule has 2 atom stereocenters. The monoisotopic (exact) mass is 285 g/mol. The molecular weight excluding hydrogens is 270 g/mol. The standard InChI is InChI=1S/C11H15N3O4S/c1-11(9(15)16)5-18-4-8(11)14-10(17)13-3-7-2-12-6-19-7/h2,6,8H,3-5H2,1H3,(H,15,16)(H2,13,14,17). The third-order valence-corrected chi connectivity index (χ3v) is 3.94. The molecule has 1 aliphatic rings. The first-order valence-electron chi connectivity index (χ1n) is 5.75. The maximum absolute atomic E-state index is 11.7. The second-order valence-corrected chi connectivity index (χ2v) is 5.56. The molecule has 1 fully saturated rings. The number of hydrogen-bond acceptors (Lipinski definition) is 5. The summed E-state index contributed by atoms with van der Waals surface area (Å²) in [6.45, 7) is 2.24. The molecule has 104 valence electrons. The topological polar surface area (TPSA) is 101 Å². The molecule has 1 aromatic heterocycles. The summed E-state index contributed by atoms with van der Waals surface area (Å²) in [4.78, 5) is 27.7. The van der Waals surface area contributed by atoms with Crippen LogP contribution in [0.25, 0.3) is 0 Å².